The van der Waals surface area contributed by atoms with Gasteiger partial charge in [-0.2, -0.15) is 0 Å². The van der Waals surface area contributed by atoms with Gasteiger partial charge in [0.15, 0.2) is 0 Å². The van der Waals surface area contributed by atoms with E-state index in [9.17, 15) is 9.59 Å². The third kappa shape index (κ3) is 4.09. The SMILES string of the molecule is CCNC(=O)c1ccc(C)c(NC(=O)c2cc(-c3ccc(C)cc3)nc3onc(C)c23)c1. The first kappa shape index (κ1) is 21.2. The smallest absolute Gasteiger partial charge is 0.259 e. The van der Waals surface area contributed by atoms with E-state index in [1.54, 1.807) is 25.1 Å². The zero-order valence-electron chi connectivity index (χ0n) is 18.4. The Morgan fingerprint density at radius 2 is 1.72 bits per heavy atom. The van der Waals surface area contributed by atoms with Gasteiger partial charge in [0.05, 0.1) is 22.3 Å². The minimum atomic E-state index is -0.326. The molecule has 0 spiro atoms. The number of nitrogens with zero attached hydrogens (tertiary/aromatic N) is 2. The van der Waals surface area contributed by atoms with Crippen molar-refractivity contribution < 1.29 is 14.1 Å². The summed E-state index contributed by atoms with van der Waals surface area (Å²) in [7, 11) is 0. The number of rotatable bonds is 5. The van der Waals surface area contributed by atoms with Crippen LogP contribution >= 0.6 is 0 Å². The lowest BCUT2D eigenvalue weighted by molar-refractivity contribution is 0.0954. The molecule has 0 bridgehead atoms. The van der Waals surface area contributed by atoms with Crippen molar-refractivity contribution >= 4 is 28.6 Å². The number of carbonyl (C=O) groups excluding carboxylic acids is 2. The summed E-state index contributed by atoms with van der Waals surface area (Å²) >= 11 is 0. The van der Waals surface area contributed by atoms with Crippen molar-refractivity contribution in [3.8, 4) is 11.3 Å². The van der Waals surface area contributed by atoms with E-state index in [0.29, 0.717) is 45.8 Å². The zero-order chi connectivity index (χ0) is 22.8. The Hall–Kier alpha value is -4.00. The maximum Gasteiger partial charge on any atom is 0.259 e. The first-order chi connectivity index (χ1) is 15.4. The number of aryl methyl sites for hydroxylation is 3. The molecule has 0 aliphatic carbocycles. The van der Waals surface area contributed by atoms with Gasteiger partial charge in [-0.1, -0.05) is 41.1 Å². The minimum Gasteiger partial charge on any atom is -0.352 e. The summed E-state index contributed by atoms with van der Waals surface area (Å²) in [5, 5.41) is 10.3. The monoisotopic (exact) mass is 428 g/mol. The van der Waals surface area contributed by atoms with Gasteiger partial charge in [-0.3, -0.25) is 9.59 Å². The van der Waals surface area contributed by atoms with Crippen LogP contribution in [-0.2, 0) is 0 Å². The number of aromatic nitrogens is 2. The van der Waals surface area contributed by atoms with Gasteiger partial charge in [-0.15, -0.1) is 0 Å². The van der Waals surface area contributed by atoms with Crippen LogP contribution in [0.15, 0.2) is 53.1 Å². The van der Waals surface area contributed by atoms with Crippen molar-refractivity contribution in [2.75, 3.05) is 11.9 Å². The minimum absolute atomic E-state index is 0.189. The Morgan fingerprint density at radius 3 is 2.44 bits per heavy atom. The average molecular weight is 428 g/mol. The van der Waals surface area contributed by atoms with Crippen LogP contribution in [0.2, 0.25) is 0 Å². The predicted octanol–water partition coefficient (Wildman–Crippen LogP) is 4.82. The molecule has 7 heteroatoms. The van der Waals surface area contributed by atoms with Crippen molar-refractivity contribution in [1.29, 1.82) is 0 Å². The van der Waals surface area contributed by atoms with Crippen LogP contribution in [0.5, 0.6) is 0 Å². The number of benzene rings is 2. The molecule has 162 valence electrons. The van der Waals surface area contributed by atoms with E-state index < -0.39 is 0 Å². The van der Waals surface area contributed by atoms with Gasteiger partial charge in [0.25, 0.3) is 17.5 Å². The molecule has 0 aliphatic heterocycles. The molecule has 0 fully saturated rings. The average Bonchev–Trinajstić information content (AvgIpc) is 3.16. The highest BCUT2D eigenvalue weighted by Crippen LogP contribution is 2.28. The van der Waals surface area contributed by atoms with Crippen LogP contribution in [-0.4, -0.2) is 28.5 Å². The van der Waals surface area contributed by atoms with Crippen LogP contribution in [0, 0.1) is 20.8 Å². The molecular formula is C25H24N4O3. The molecule has 0 unspecified atom stereocenters. The molecule has 0 atom stereocenters. The summed E-state index contributed by atoms with van der Waals surface area (Å²) in [6.07, 6.45) is 0. The molecular weight excluding hydrogens is 404 g/mol. The number of nitrogens with one attached hydrogen (secondary N) is 2. The van der Waals surface area contributed by atoms with Gasteiger partial charge in [-0.25, -0.2) is 4.98 Å². The lowest BCUT2D eigenvalue weighted by Gasteiger charge is -2.12. The van der Waals surface area contributed by atoms with Gasteiger partial charge in [0, 0.05) is 23.4 Å². The van der Waals surface area contributed by atoms with E-state index in [0.717, 1.165) is 16.7 Å². The van der Waals surface area contributed by atoms with Gasteiger partial charge < -0.3 is 15.2 Å². The Kier molecular flexibility index (Phi) is 5.73. The van der Waals surface area contributed by atoms with Crippen molar-refractivity contribution in [3.63, 3.8) is 0 Å². The number of pyridine rings is 1. The molecule has 2 N–H and O–H groups in total. The third-order valence-electron chi connectivity index (χ3n) is 5.29. The van der Waals surface area contributed by atoms with Crippen molar-refractivity contribution in [1.82, 2.24) is 15.5 Å². The van der Waals surface area contributed by atoms with Gasteiger partial charge >= 0.3 is 0 Å². The largest absolute Gasteiger partial charge is 0.352 e. The van der Waals surface area contributed by atoms with Crippen molar-refractivity contribution in [2.45, 2.75) is 27.7 Å². The van der Waals surface area contributed by atoms with E-state index in [1.807, 2.05) is 51.1 Å². The lowest BCUT2D eigenvalue weighted by Crippen LogP contribution is -2.23. The Labute approximate surface area is 185 Å². The highest BCUT2D eigenvalue weighted by Gasteiger charge is 2.20. The Morgan fingerprint density at radius 1 is 0.969 bits per heavy atom. The molecule has 4 rings (SSSR count). The summed E-state index contributed by atoms with van der Waals surface area (Å²) < 4.78 is 5.38. The molecule has 4 aromatic rings. The fourth-order valence-corrected chi connectivity index (χ4v) is 3.50. The number of hydrogen-bond donors (Lipinski definition) is 2. The van der Waals surface area contributed by atoms with E-state index in [1.165, 1.54) is 0 Å². The van der Waals surface area contributed by atoms with Gasteiger partial charge in [0.1, 0.15) is 0 Å². The second kappa shape index (κ2) is 8.63. The van der Waals surface area contributed by atoms with Crippen LogP contribution in [0.4, 0.5) is 5.69 Å². The fourth-order valence-electron chi connectivity index (χ4n) is 3.50. The molecule has 0 radical (unpaired) electrons. The molecule has 0 saturated carbocycles. The summed E-state index contributed by atoms with van der Waals surface area (Å²) in [6, 6.07) is 14.9. The quantitative estimate of drug-likeness (QED) is 0.475. The zero-order valence-corrected chi connectivity index (χ0v) is 18.4. The molecule has 2 aromatic carbocycles. The second-order valence-corrected chi connectivity index (χ2v) is 7.71. The highest BCUT2D eigenvalue weighted by atomic mass is 16.5. The van der Waals surface area contributed by atoms with E-state index in [-0.39, 0.29) is 11.8 Å². The maximum atomic E-state index is 13.4. The molecule has 0 aliphatic rings. The number of hydrogen-bond acceptors (Lipinski definition) is 5. The standard InChI is InChI=1S/C25H24N4O3/c1-5-26-23(30)18-11-8-15(3)20(12-18)27-24(31)19-13-21(17-9-6-14(2)7-10-17)28-25-22(19)16(4)29-32-25/h6-13H,5H2,1-4H3,(H,26,30)(H,27,31). The maximum absolute atomic E-state index is 13.4. The molecule has 32 heavy (non-hydrogen) atoms. The van der Waals surface area contributed by atoms with E-state index in [2.05, 4.69) is 20.8 Å². The number of anilines is 1. The van der Waals surface area contributed by atoms with E-state index in [4.69, 9.17) is 4.52 Å². The molecule has 2 aromatic heterocycles. The van der Waals surface area contributed by atoms with Crippen LogP contribution in [0.3, 0.4) is 0 Å². The fraction of sp³-hybridized carbons (Fsp3) is 0.200. The molecule has 2 amide bonds. The van der Waals surface area contributed by atoms with Crippen molar-refractivity contribution in [3.05, 3.63) is 76.5 Å². The summed E-state index contributed by atoms with van der Waals surface area (Å²) in [5.74, 6) is -0.515. The highest BCUT2D eigenvalue weighted by molar-refractivity contribution is 6.13. The van der Waals surface area contributed by atoms with E-state index >= 15 is 0 Å². The lowest BCUT2D eigenvalue weighted by atomic mass is 10.0. The second-order valence-electron chi connectivity index (χ2n) is 7.71. The summed E-state index contributed by atoms with van der Waals surface area (Å²) in [5.41, 5.74) is 5.81. The first-order valence-corrected chi connectivity index (χ1v) is 10.4. The topological polar surface area (TPSA) is 97.1 Å². The van der Waals surface area contributed by atoms with Gasteiger partial charge in [0.2, 0.25) is 0 Å². The number of fused-ring (bicyclic) bond motifs is 1. The van der Waals surface area contributed by atoms with Crippen LogP contribution in [0.1, 0.15) is 44.5 Å². The number of amides is 2. The molecule has 0 saturated heterocycles. The van der Waals surface area contributed by atoms with Crippen LogP contribution in [0.25, 0.3) is 22.4 Å². The predicted molar refractivity (Wildman–Crippen MR) is 124 cm³/mol. The van der Waals surface area contributed by atoms with Crippen molar-refractivity contribution in [2.24, 2.45) is 0 Å². The Balaban J connectivity index is 1.75. The third-order valence-corrected chi connectivity index (χ3v) is 5.29. The number of carbonyl (C=O) groups is 2. The van der Waals surface area contributed by atoms with Gasteiger partial charge in [-0.05, 0) is 51.5 Å². The normalized spacial score (nSPS) is 10.9. The summed E-state index contributed by atoms with van der Waals surface area (Å²) in [4.78, 5) is 30.1. The van der Waals surface area contributed by atoms with Crippen LogP contribution < -0.4 is 10.6 Å². The molecule has 2 heterocycles. The summed E-state index contributed by atoms with van der Waals surface area (Å²) in [6.45, 7) is 8.04. The first-order valence-electron chi connectivity index (χ1n) is 10.4. The Bertz CT molecular complexity index is 1320. The molecule has 7 nitrogen and oxygen atoms in total.